The molecule has 0 unspecified atom stereocenters. The van der Waals surface area contributed by atoms with Gasteiger partial charge in [-0.1, -0.05) is 18.5 Å². The van der Waals surface area contributed by atoms with Crippen molar-refractivity contribution in [2.24, 2.45) is 0 Å². The number of sulfone groups is 1. The van der Waals surface area contributed by atoms with E-state index in [1.165, 1.54) is 10.9 Å². The van der Waals surface area contributed by atoms with E-state index in [0.717, 1.165) is 0 Å². The van der Waals surface area contributed by atoms with Gasteiger partial charge >= 0.3 is 5.82 Å². The Morgan fingerprint density at radius 1 is 1.59 bits per heavy atom. The first-order valence-electron chi connectivity index (χ1n) is 4.93. The van der Waals surface area contributed by atoms with Gasteiger partial charge in [0.15, 0.2) is 5.02 Å². The Labute approximate surface area is 103 Å². The van der Waals surface area contributed by atoms with Crippen LogP contribution in [0.15, 0.2) is 6.20 Å². The summed E-state index contributed by atoms with van der Waals surface area (Å²) in [5, 5.41) is 14.1. The normalized spacial score (nSPS) is 11.6. The molecule has 0 aliphatic rings. The van der Waals surface area contributed by atoms with Crippen molar-refractivity contribution in [3.8, 4) is 0 Å². The van der Waals surface area contributed by atoms with Crippen molar-refractivity contribution >= 4 is 27.3 Å². The van der Waals surface area contributed by atoms with Gasteiger partial charge in [0.05, 0.1) is 23.6 Å². The fraction of sp³-hybridized carbons (Fsp3) is 0.625. The number of nitro groups is 1. The van der Waals surface area contributed by atoms with Crippen molar-refractivity contribution in [1.29, 1.82) is 0 Å². The lowest BCUT2D eigenvalue weighted by molar-refractivity contribution is -0.389. The molecular weight excluding hydrogens is 270 g/mol. The molecule has 0 aliphatic heterocycles. The number of hydrogen-bond acceptors (Lipinski definition) is 5. The van der Waals surface area contributed by atoms with E-state index in [0.29, 0.717) is 6.42 Å². The molecule has 7 nitrogen and oxygen atoms in total. The van der Waals surface area contributed by atoms with Gasteiger partial charge in [-0.2, -0.15) is 4.68 Å². The molecule has 0 spiro atoms. The molecule has 0 bridgehead atoms. The van der Waals surface area contributed by atoms with Crippen molar-refractivity contribution < 1.29 is 13.3 Å². The van der Waals surface area contributed by atoms with Crippen LogP contribution in [0.2, 0.25) is 5.02 Å². The van der Waals surface area contributed by atoms with E-state index in [2.05, 4.69) is 5.10 Å². The van der Waals surface area contributed by atoms with Crippen LogP contribution in [0.3, 0.4) is 0 Å². The number of rotatable bonds is 6. The van der Waals surface area contributed by atoms with Crippen LogP contribution >= 0.6 is 11.6 Å². The Morgan fingerprint density at radius 2 is 2.24 bits per heavy atom. The molecule has 0 atom stereocenters. The molecule has 1 aromatic heterocycles. The smallest absolute Gasteiger partial charge is 0.358 e. The summed E-state index contributed by atoms with van der Waals surface area (Å²) in [6.07, 6.45) is 1.67. The van der Waals surface area contributed by atoms with Crippen molar-refractivity contribution in [1.82, 2.24) is 9.78 Å². The summed E-state index contributed by atoms with van der Waals surface area (Å²) in [7, 11) is -3.02. The monoisotopic (exact) mass is 281 g/mol. The summed E-state index contributed by atoms with van der Waals surface area (Å²) in [6.45, 7) is 1.86. The average molecular weight is 282 g/mol. The maximum absolute atomic E-state index is 11.2. The molecule has 0 saturated heterocycles. The summed E-state index contributed by atoms with van der Waals surface area (Å²) in [6, 6.07) is 0. The van der Waals surface area contributed by atoms with E-state index >= 15 is 0 Å². The second-order valence-corrected chi connectivity index (χ2v) is 6.29. The van der Waals surface area contributed by atoms with Crippen molar-refractivity contribution in [3.63, 3.8) is 0 Å². The van der Waals surface area contributed by atoms with Gasteiger partial charge in [0.1, 0.15) is 9.84 Å². The predicted octanol–water partition coefficient (Wildman–Crippen LogP) is 1.27. The highest BCUT2D eigenvalue weighted by molar-refractivity contribution is 7.91. The highest BCUT2D eigenvalue weighted by Gasteiger charge is 2.19. The zero-order valence-corrected chi connectivity index (χ0v) is 10.7. The van der Waals surface area contributed by atoms with Crippen LogP contribution in [-0.2, 0) is 16.4 Å². The number of nitrogens with zero attached hydrogens (tertiary/aromatic N) is 3. The maximum Gasteiger partial charge on any atom is 0.408 e. The molecule has 1 heterocycles. The van der Waals surface area contributed by atoms with E-state index in [1.807, 2.05) is 0 Å². The van der Waals surface area contributed by atoms with Gasteiger partial charge in [-0.15, -0.1) is 0 Å². The van der Waals surface area contributed by atoms with Crippen molar-refractivity contribution in [2.75, 3.05) is 11.5 Å². The SMILES string of the molecule is CCS(=O)(=O)CCCn1cc(Cl)c([N+](=O)[O-])n1. The Bertz CT molecular complexity index is 511. The summed E-state index contributed by atoms with van der Waals surface area (Å²) < 4.78 is 23.7. The highest BCUT2D eigenvalue weighted by Crippen LogP contribution is 2.21. The van der Waals surface area contributed by atoms with Crippen LogP contribution in [0.5, 0.6) is 0 Å². The predicted molar refractivity (Wildman–Crippen MR) is 62.8 cm³/mol. The van der Waals surface area contributed by atoms with Crippen LogP contribution in [0.4, 0.5) is 5.82 Å². The fourth-order valence-electron chi connectivity index (χ4n) is 1.22. The number of aryl methyl sites for hydroxylation is 1. The standard InChI is InChI=1S/C8H12ClN3O4S/c1-2-17(15,16)5-3-4-11-6-7(9)8(10-11)12(13)14/h6H,2-5H2,1H3. The van der Waals surface area contributed by atoms with Gasteiger partial charge in [-0.25, -0.2) is 8.42 Å². The lowest BCUT2D eigenvalue weighted by Crippen LogP contribution is -2.11. The molecule has 0 amide bonds. The number of hydrogen-bond donors (Lipinski definition) is 0. The van der Waals surface area contributed by atoms with Crippen molar-refractivity contribution in [3.05, 3.63) is 21.3 Å². The third kappa shape index (κ3) is 3.97. The van der Waals surface area contributed by atoms with E-state index in [4.69, 9.17) is 11.6 Å². The van der Waals surface area contributed by atoms with E-state index < -0.39 is 20.6 Å². The molecule has 1 aromatic rings. The van der Waals surface area contributed by atoms with Crippen LogP contribution in [0.1, 0.15) is 13.3 Å². The average Bonchev–Trinajstić information content (AvgIpc) is 2.59. The Kier molecular flexibility index (Phi) is 4.47. The molecule has 0 radical (unpaired) electrons. The zero-order chi connectivity index (χ0) is 13.1. The van der Waals surface area contributed by atoms with Crippen LogP contribution in [0, 0.1) is 10.1 Å². The largest absolute Gasteiger partial charge is 0.408 e. The maximum atomic E-state index is 11.2. The Morgan fingerprint density at radius 3 is 2.71 bits per heavy atom. The molecule has 1 rings (SSSR count). The van der Waals surface area contributed by atoms with Gasteiger partial charge in [0.2, 0.25) is 0 Å². The topological polar surface area (TPSA) is 95.1 Å². The summed E-state index contributed by atoms with van der Waals surface area (Å²) in [5.41, 5.74) is 0. The molecular formula is C8H12ClN3O4S. The van der Waals surface area contributed by atoms with Crippen molar-refractivity contribution in [2.45, 2.75) is 19.9 Å². The molecule has 0 fully saturated rings. The summed E-state index contributed by atoms with van der Waals surface area (Å²) in [5.74, 6) is -0.285. The van der Waals surface area contributed by atoms with Gasteiger partial charge in [-0.05, 0) is 11.3 Å². The summed E-state index contributed by atoms with van der Waals surface area (Å²) >= 11 is 5.59. The summed E-state index contributed by atoms with van der Waals surface area (Å²) in [4.78, 5) is 9.78. The van der Waals surface area contributed by atoms with Crippen LogP contribution < -0.4 is 0 Å². The van der Waals surface area contributed by atoms with E-state index in [-0.39, 0.29) is 23.1 Å². The Balaban J connectivity index is 2.59. The third-order valence-electron chi connectivity index (χ3n) is 2.15. The number of aromatic nitrogens is 2. The third-order valence-corrected chi connectivity index (χ3v) is 4.21. The van der Waals surface area contributed by atoms with Crippen LogP contribution in [0.25, 0.3) is 0 Å². The van der Waals surface area contributed by atoms with E-state index in [9.17, 15) is 18.5 Å². The molecule has 0 N–H and O–H groups in total. The first kappa shape index (κ1) is 13.9. The minimum Gasteiger partial charge on any atom is -0.358 e. The zero-order valence-electron chi connectivity index (χ0n) is 9.17. The fourth-order valence-corrected chi connectivity index (χ4v) is 2.29. The van der Waals surface area contributed by atoms with E-state index in [1.54, 1.807) is 6.92 Å². The van der Waals surface area contributed by atoms with Gasteiger partial charge < -0.3 is 10.1 Å². The molecule has 0 saturated carbocycles. The first-order valence-corrected chi connectivity index (χ1v) is 7.13. The molecule has 17 heavy (non-hydrogen) atoms. The van der Waals surface area contributed by atoms with Gasteiger partial charge in [-0.3, -0.25) is 0 Å². The quantitative estimate of drug-likeness (QED) is 0.578. The van der Waals surface area contributed by atoms with Crippen LogP contribution in [-0.4, -0.2) is 34.6 Å². The first-order chi connectivity index (χ1) is 7.85. The highest BCUT2D eigenvalue weighted by atomic mass is 35.5. The second-order valence-electron chi connectivity index (χ2n) is 3.41. The second kappa shape index (κ2) is 5.46. The lowest BCUT2D eigenvalue weighted by Gasteiger charge is -1.99. The van der Waals surface area contributed by atoms with Gasteiger partial charge in [0.25, 0.3) is 0 Å². The minimum atomic E-state index is -3.02. The Hall–Kier alpha value is -1.15. The molecule has 9 heteroatoms. The molecule has 0 aromatic carbocycles. The number of halogens is 1. The van der Waals surface area contributed by atoms with Gasteiger partial charge in [0, 0.05) is 5.75 Å². The molecule has 0 aliphatic carbocycles. The minimum absolute atomic E-state index is 0.0365. The molecule has 96 valence electrons. The lowest BCUT2D eigenvalue weighted by atomic mass is 10.5.